The van der Waals surface area contributed by atoms with Crippen LogP contribution < -0.4 is 0 Å². The first-order chi connectivity index (χ1) is 9.28. The Balaban J connectivity index is 1.88. The molecule has 0 spiro atoms. The maximum atomic E-state index is 12.1. The number of para-hydroxylation sites is 1. The summed E-state index contributed by atoms with van der Waals surface area (Å²) in [5.41, 5.74) is 2.94. The number of carbonyl (C=O) groups is 2. The highest BCUT2D eigenvalue weighted by atomic mass is 16.1. The molecule has 0 atom stereocenters. The highest BCUT2D eigenvalue weighted by Crippen LogP contribution is 2.19. The van der Waals surface area contributed by atoms with Crippen LogP contribution in [-0.2, 0) is 6.42 Å². The van der Waals surface area contributed by atoms with Gasteiger partial charge in [-0.1, -0.05) is 18.2 Å². The van der Waals surface area contributed by atoms with Crippen LogP contribution in [0.4, 0.5) is 0 Å². The molecule has 0 unspecified atom stereocenters. The molecule has 3 aromatic rings. The summed E-state index contributed by atoms with van der Waals surface area (Å²) in [6, 6.07) is 9.44. The topological polar surface area (TPSA) is 65.7 Å². The van der Waals surface area contributed by atoms with Gasteiger partial charge in [0.05, 0.1) is 5.69 Å². The summed E-state index contributed by atoms with van der Waals surface area (Å²) in [6.07, 6.45) is 4.44. The number of nitrogens with one attached hydrogen (secondary N) is 2. The number of ketones is 1. The molecule has 3 rings (SSSR count). The summed E-state index contributed by atoms with van der Waals surface area (Å²) in [5.74, 6) is -0.00546. The second-order valence-electron chi connectivity index (χ2n) is 4.42. The minimum absolute atomic E-state index is 0.00546. The van der Waals surface area contributed by atoms with Gasteiger partial charge in [0.1, 0.15) is 0 Å². The van der Waals surface area contributed by atoms with Gasteiger partial charge in [-0.15, -0.1) is 0 Å². The number of hydrogen-bond acceptors (Lipinski definition) is 2. The van der Waals surface area contributed by atoms with Crippen molar-refractivity contribution in [2.45, 2.75) is 6.42 Å². The number of carbonyl (C=O) groups excluding carboxylic acids is 2. The van der Waals surface area contributed by atoms with Gasteiger partial charge in [0.15, 0.2) is 12.1 Å². The van der Waals surface area contributed by atoms with E-state index in [2.05, 4.69) is 9.97 Å². The lowest BCUT2D eigenvalue weighted by atomic mass is 10.0. The van der Waals surface area contributed by atoms with Crippen LogP contribution in [0, 0.1) is 0 Å². The maximum Gasteiger partial charge on any atom is 0.168 e. The molecule has 94 valence electrons. The van der Waals surface area contributed by atoms with Crippen LogP contribution in [0.2, 0.25) is 0 Å². The lowest BCUT2D eigenvalue weighted by molar-refractivity contribution is 0.0993. The summed E-state index contributed by atoms with van der Waals surface area (Å²) in [6.45, 7) is 0. The quantitative estimate of drug-likeness (QED) is 0.554. The normalized spacial score (nSPS) is 10.7. The number of aromatic nitrogens is 2. The Bertz CT molecular complexity index is 752. The Morgan fingerprint density at radius 2 is 2.00 bits per heavy atom. The molecule has 2 aromatic heterocycles. The van der Waals surface area contributed by atoms with Crippen LogP contribution in [0.5, 0.6) is 0 Å². The molecule has 2 heterocycles. The first kappa shape index (κ1) is 11.5. The zero-order valence-corrected chi connectivity index (χ0v) is 10.1. The van der Waals surface area contributed by atoms with Gasteiger partial charge < -0.3 is 9.97 Å². The average Bonchev–Trinajstić information content (AvgIpc) is 3.06. The Morgan fingerprint density at radius 3 is 2.79 bits per heavy atom. The summed E-state index contributed by atoms with van der Waals surface area (Å²) in [7, 11) is 0. The van der Waals surface area contributed by atoms with E-state index in [9.17, 15) is 9.59 Å². The van der Waals surface area contributed by atoms with Crippen molar-refractivity contribution in [2.75, 3.05) is 0 Å². The Labute approximate surface area is 109 Å². The lowest BCUT2D eigenvalue weighted by Crippen LogP contribution is -2.01. The molecule has 0 bridgehead atoms. The smallest absolute Gasteiger partial charge is 0.168 e. The fourth-order valence-corrected chi connectivity index (χ4v) is 2.19. The second kappa shape index (κ2) is 4.57. The minimum atomic E-state index is -0.00546. The Hall–Kier alpha value is -2.62. The monoisotopic (exact) mass is 252 g/mol. The maximum absolute atomic E-state index is 12.1. The molecule has 0 radical (unpaired) electrons. The van der Waals surface area contributed by atoms with Crippen molar-refractivity contribution in [1.29, 1.82) is 0 Å². The van der Waals surface area contributed by atoms with Crippen LogP contribution in [-0.4, -0.2) is 22.0 Å². The standard InChI is InChI=1S/C15H12N2O2/c18-9-12-5-11(8-16-12)15(19)6-10-7-17-14-4-2-1-3-13(10)14/h1-5,7-9,16-17H,6H2. The molecule has 19 heavy (non-hydrogen) atoms. The second-order valence-corrected chi connectivity index (χ2v) is 4.42. The molecule has 0 aliphatic carbocycles. The van der Waals surface area contributed by atoms with Crippen LogP contribution in [0.1, 0.15) is 26.4 Å². The Kier molecular flexibility index (Phi) is 2.76. The average molecular weight is 252 g/mol. The van der Waals surface area contributed by atoms with E-state index in [1.165, 1.54) is 0 Å². The minimum Gasteiger partial charge on any atom is -0.361 e. The third-order valence-corrected chi connectivity index (χ3v) is 3.18. The summed E-state index contributed by atoms with van der Waals surface area (Å²) in [4.78, 5) is 28.6. The van der Waals surface area contributed by atoms with Gasteiger partial charge in [0, 0.05) is 35.3 Å². The summed E-state index contributed by atoms with van der Waals surface area (Å²) in [5, 5.41) is 1.06. The molecule has 0 aliphatic rings. The van der Waals surface area contributed by atoms with Crippen LogP contribution in [0.25, 0.3) is 10.9 Å². The highest BCUT2D eigenvalue weighted by Gasteiger charge is 2.12. The van der Waals surface area contributed by atoms with Gasteiger partial charge in [0.25, 0.3) is 0 Å². The number of benzene rings is 1. The molecule has 0 amide bonds. The number of H-pyrrole nitrogens is 2. The Morgan fingerprint density at radius 1 is 1.16 bits per heavy atom. The van der Waals surface area contributed by atoms with Crippen LogP contribution >= 0.6 is 0 Å². The van der Waals surface area contributed by atoms with E-state index in [4.69, 9.17) is 0 Å². The molecule has 4 nitrogen and oxygen atoms in total. The number of aromatic amines is 2. The molecular weight excluding hydrogens is 240 g/mol. The number of rotatable bonds is 4. The third kappa shape index (κ3) is 2.08. The summed E-state index contributed by atoms with van der Waals surface area (Å²) < 4.78 is 0. The van der Waals surface area contributed by atoms with Crippen molar-refractivity contribution in [3.63, 3.8) is 0 Å². The SMILES string of the molecule is O=Cc1cc(C(=O)Cc2c[nH]c3ccccc23)c[nH]1. The highest BCUT2D eigenvalue weighted by molar-refractivity contribution is 6.00. The number of hydrogen-bond donors (Lipinski definition) is 2. The predicted molar refractivity (Wildman–Crippen MR) is 72.5 cm³/mol. The van der Waals surface area contributed by atoms with E-state index < -0.39 is 0 Å². The predicted octanol–water partition coefficient (Wildman–Crippen LogP) is 2.73. The van der Waals surface area contributed by atoms with Gasteiger partial charge >= 0.3 is 0 Å². The molecule has 4 heteroatoms. The van der Waals surface area contributed by atoms with E-state index in [1.807, 2.05) is 30.5 Å². The van der Waals surface area contributed by atoms with Gasteiger partial charge in [-0.25, -0.2) is 0 Å². The van der Waals surface area contributed by atoms with E-state index in [1.54, 1.807) is 12.3 Å². The van der Waals surface area contributed by atoms with Crippen molar-refractivity contribution in [2.24, 2.45) is 0 Å². The van der Waals surface area contributed by atoms with E-state index in [-0.39, 0.29) is 5.78 Å². The van der Waals surface area contributed by atoms with Crippen LogP contribution in [0.3, 0.4) is 0 Å². The van der Waals surface area contributed by atoms with Crippen molar-refractivity contribution < 1.29 is 9.59 Å². The van der Waals surface area contributed by atoms with Gasteiger partial charge in [-0.2, -0.15) is 0 Å². The zero-order valence-electron chi connectivity index (χ0n) is 10.1. The van der Waals surface area contributed by atoms with E-state index in [0.717, 1.165) is 16.5 Å². The third-order valence-electron chi connectivity index (χ3n) is 3.18. The molecule has 2 N–H and O–H groups in total. The number of Topliss-reactive ketones (excluding diaryl/α,β-unsaturated/α-hetero) is 1. The molecule has 0 saturated heterocycles. The number of aldehydes is 1. The van der Waals surface area contributed by atoms with Crippen molar-refractivity contribution in [3.05, 3.63) is 59.5 Å². The van der Waals surface area contributed by atoms with E-state index in [0.29, 0.717) is 24.0 Å². The van der Waals surface area contributed by atoms with Crippen molar-refractivity contribution in [3.8, 4) is 0 Å². The molecular formula is C15H12N2O2. The molecule has 0 saturated carbocycles. The van der Waals surface area contributed by atoms with Crippen LogP contribution in [0.15, 0.2) is 42.7 Å². The lowest BCUT2D eigenvalue weighted by Gasteiger charge is -1.97. The largest absolute Gasteiger partial charge is 0.361 e. The molecule has 1 aromatic carbocycles. The van der Waals surface area contributed by atoms with Gasteiger partial charge in [0.2, 0.25) is 0 Å². The number of fused-ring (bicyclic) bond motifs is 1. The fraction of sp³-hybridized carbons (Fsp3) is 0.0667. The molecule has 0 aliphatic heterocycles. The van der Waals surface area contributed by atoms with Gasteiger partial charge in [-0.05, 0) is 17.7 Å². The first-order valence-corrected chi connectivity index (χ1v) is 6.00. The zero-order chi connectivity index (χ0) is 13.2. The molecule has 0 fully saturated rings. The van der Waals surface area contributed by atoms with Gasteiger partial charge in [-0.3, -0.25) is 9.59 Å². The first-order valence-electron chi connectivity index (χ1n) is 6.00. The summed E-state index contributed by atoms with van der Waals surface area (Å²) >= 11 is 0. The van der Waals surface area contributed by atoms with E-state index >= 15 is 0 Å². The van der Waals surface area contributed by atoms with Crippen molar-refractivity contribution in [1.82, 2.24) is 9.97 Å². The van der Waals surface area contributed by atoms with Crippen molar-refractivity contribution >= 4 is 23.0 Å². The fourth-order valence-electron chi connectivity index (χ4n) is 2.19.